The molecular formula is C20H29NO6. The lowest BCUT2D eigenvalue weighted by atomic mass is 9.82. The van der Waals surface area contributed by atoms with Crippen LogP contribution < -0.4 is 0 Å². The average molecular weight is 379 g/mol. The summed E-state index contributed by atoms with van der Waals surface area (Å²) in [4.78, 5) is 39.6. The van der Waals surface area contributed by atoms with Gasteiger partial charge >= 0.3 is 17.9 Å². The van der Waals surface area contributed by atoms with Crippen molar-refractivity contribution in [3.05, 3.63) is 11.6 Å². The maximum Gasteiger partial charge on any atom is 0.350 e. The highest BCUT2D eigenvalue weighted by atomic mass is 16.6. The van der Waals surface area contributed by atoms with E-state index in [1.165, 1.54) is 6.92 Å². The van der Waals surface area contributed by atoms with Crippen LogP contribution >= 0.6 is 0 Å². The van der Waals surface area contributed by atoms with Crippen molar-refractivity contribution in [2.45, 2.75) is 64.7 Å². The molecule has 0 aromatic carbocycles. The van der Waals surface area contributed by atoms with Gasteiger partial charge in [0.25, 0.3) is 0 Å². The summed E-state index contributed by atoms with van der Waals surface area (Å²) >= 11 is 0. The predicted octanol–water partition coefficient (Wildman–Crippen LogP) is 1.84. The van der Waals surface area contributed by atoms with Gasteiger partial charge < -0.3 is 14.2 Å². The van der Waals surface area contributed by atoms with Crippen molar-refractivity contribution < 1.29 is 28.6 Å². The summed E-state index contributed by atoms with van der Waals surface area (Å²) in [5, 5.41) is 0. The van der Waals surface area contributed by atoms with Crippen LogP contribution in [0, 0.1) is 11.8 Å². The second-order valence-corrected chi connectivity index (χ2v) is 8.00. The predicted molar refractivity (Wildman–Crippen MR) is 96.6 cm³/mol. The van der Waals surface area contributed by atoms with Gasteiger partial charge in [0.2, 0.25) is 5.60 Å². The first-order valence-corrected chi connectivity index (χ1v) is 9.76. The summed E-state index contributed by atoms with van der Waals surface area (Å²) in [6.45, 7) is 8.31. The zero-order valence-electron chi connectivity index (χ0n) is 16.5. The van der Waals surface area contributed by atoms with E-state index < -0.39 is 17.5 Å². The van der Waals surface area contributed by atoms with Crippen LogP contribution in [0.2, 0.25) is 0 Å². The number of ether oxygens (including phenoxy) is 3. The molecule has 27 heavy (non-hydrogen) atoms. The Labute approximate surface area is 160 Å². The van der Waals surface area contributed by atoms with Crippen molar-refractivity contribution in [1.82, 2.24) is 4.90 Å². The Hall–Kier alpha value is -1.89. The Bertz CT molecular complexity index is 659. The van der Waals surface area contributed by atoms with Gasteiger partial charge in [0, 0.05) is 25.9 Å². The van der Waals surface area contributed by atoms with Gasteiger partial charge in [-0.15, -0.1) is 0 Å². The Balaban J connectivity index is 1.91. The second-order valence-electron chi connectivity index (χ2n) is 8.00. The van der Waals surface area contributed by atoms with Gasteiger partial charge in [0.1, 0.15) is 12.7 Å². The molecule has 3 heterocycles. The van der Waals surface area contributed by atoms with E-state index in [2.05, 4.69) is 4.90 Å². The van der Waals surface area contributed by atoms with Crippen LogP contribution in [-0.4, -0.2) is 60.3 Å². The van der Waals surface area contributed by atoms with E-state index >= 15 is 0 Å². The molecule has 0 bridgehead atoms. The van der Waals surface area contributed by atoms with E-state index in [9.17, 15) is 14.4 Å². The fourth-order valence-corrected chi connectivity index (χ4v) is 4.39. The van der Waals surface area contributed by atoms with Crippen LogP contribution in [0.15, 0.2) is 11.6 Å². The van der Waals surface area contributed by atoms with Crippen LogP contribution in [0.1, 0.15) is 47.0 Å². The SMILES string of the molecule is CCC1CC(C)C(C)(OC(C)=O)C(=O)OCC2=CCN3CCC(OC1=O)C23. The highest BCUT2D eigenvalue weighted by molar-refractivity contribution is 5.83. The smallest absolute Gasteiger partial charge is 0.350 e. The molecule has 2 fully saturated rings. The largest absolute Gasteiger partial charge is 0.460 e. The Morgan fingerprint density at radius 2 is 2.15 bits per heavy atom. The first kappa shape index (κ1) is 19.9. The third-order valence-electron chi connectivity index (χ3n) is 6.22. The number of cyclic esters (lactones) is 1. The van der Waals surface area contributed by atoms with Gasteiger partial charge in [-0.05, 0) is 31.8 Å². The molecular weight excluding hydrogens is 350 g/mol. The number of carbonyl (C=O) groups is 3. The second kappa shape index (κ2) is 7.62. The fraction of sp³-hybridized carbons (Fsp3) is 0.750. The van der Waals surface area contributed by atoms with Crippen LogP contribution in [0.5, 0.6) is 0 Å². The summed E-state index contributed by atoms with van der Waals surface area (Å²) in [6, 6.07) is -0.0314. The summed E-state index contributed by atoms with van der Waals surface area (Å²) in [5.41, 5.74) is -0.489. The summed E-state index contributed by atoms with van der Waals surface area (Å²) < 4.78 is 16.9. The molecule has 3 aliphatic heterocycles. The molecule has 5 atom stereocenters. The van der Waals surface area contributed by atoms with Crippen molar-refractivity contribution in [3.8, 4) is 0 Å². The minimum absolute atomic E-state index is 0.0314. The van der Waals surface area contributed by atoms with Gasteiger partial charge in [-0.25, -0.2) is 4.79 Å². The van der Waals surface area contributed by atoms with E-state index in [-0.39, 0.29) is 36.6 Å². The first-order valence-electron chi connectivity index (χ1n) is 9.76. The molecule has 0 aliphatic carbocycles. The number of nitrogens with zero attached hydrogens (tertiary/aromatic N) is 1. The maximum atomic E-state index is 12.9. The topological polar surface area (TPSA) is 82.1 Å². The molecule has 0 saturated carbocycles. The Kier molecular flexibility index (Phi) is 5.60. The lowest BCUT2D eigenvalue weighted by molar-refractivity contribution is -0.187. The molecule has 0 spiro atoms. The zero-order chi connectivity index (χ0) is 19.8. The molecule has 7 nitrogen and oxygen atoms in total. The molecule has 5 unspecified atom stereocenters. The number of carbonyl (C=O) groups excluding carboxylic acids is 3. The number of esters is 3. The van der Waals surface area contributed by atoms with Gasteiger partial charge in [-0.3, -0.25) is 14.5 Å². The highest BCUT2D eigenvalue weighted by Crippen LogP contribution is 2.36. The molecule has 0 aromatic heterocycles. The minimum Gasteiger partial charge on any atom is -0.460 e. The third kappa shape index (κ3) is 3.74. The number of rotatable bonds is 2. The average Bonchev–Trinajstić information content (AvgIpc) is 3.18. The van der Waals surface area contributed by atoms with Crippen LogP contribution in [0.3, 0.4) is 0 Å². The lowest BCUT2D eigenvalue weighted by Crippen LogP contribution is -2.49. The van der Waals surface area contributed by atoms with Crippen LogP contribution in [-0.2, 0) is 28.6 Å². The van der Waals surface area contributed by atoms with Crippen LogP contribution in [0.4, 0.5) is 0 Å². The molecule has 150 valence electrons. The van der Waals surface area contributed by atoms with E-state index in [0.29, 0.717) is 12.8 Å². The standard InChI is InChI=1S/C20H29NO6/c1-5-14-10-12(2)20(4,27-13(3)22)19(24)25-11-15-6-8-21-9-7-16(17(15)21)26-18(14)23/h6,12,14,16-17H,5,7-11H2,1-4H3. The molecule has 2 saturated heterocycles. The van der Waals surface area contributed by atoms with Crippen molar-refractivity contribution in [3.63, 3.8) is 0 Å². The van der Waals surface area contributed by atoms with E-state index in [0.717, 1.165) is 25.1 Å². The van der Waals surface area contributed by atoms with Crippen LogP contribution in [0.25, 0.3) is 0 Å². The van der Waals surface area contributed by atoms with Crippen molar-refractivity contribution >= 4 is 17.9 Å². The lowest BCUT2D eigenvalue weighted by Gasteiger charge is -2.35. The Morgan fingerprint density at radius 3 is 2.81 bits per heavy atom. The first-order chi connectivity index (χ1) is 12.8. The summed E-state index contributed by atoms with van der Waals surface area (Å²) in [5.74, 6) is -2.10. The van der Waals surface area contributed by atoms with Crippen molar-refractivity contribution in [1.29, 1.82) is 0 Å². The monoisotopic (exact) mass is 379 g/mol. The van der Waals surface area contributed by atoms with Gasteiger partial charge in [0.05, 0.1) is 12.0 Å². The summed E-state index contributed by atoms with van der Waals surface area (Å²) in [7, 11) is 0. The molecule has 0 amide bonds. The molecule has 3 aliphatic rings. The normalized spacial score (nSPS) is 37.4. The molecule has 0 aromatic rings. The summed E-state index contributed by atoms with van der Waals surface area (Å²) in [6.07, 6.45) is 3.61. The fourth-order valence-electron chi connectivity index (χ4n) is 4.39. The quantitative estimate of drug-likeness (QED) is 0.411. The number of hydrogen-bond donors (Lipinski definition) is 0. The van der Waals surface area contributed by atoms with Gasteiger partial charge in [-0.2, -0.15) is 0 Å². The van der Waals surface area contributed by atoms with Gasteiger partial charge in [-0.1, -0.05) is 19.9 Å². The molecule has 0 radical (unpaired) electrons. The maximum absolute atomic E-state index is 12.9. The number of hydrogen-bond acceptors (Lipinski definition) is 7. The highest BCUT2D eigenvalue weighted by Gasteiger charge is 2.48. The van der Waals surface area contributed by atoms with E-state index in [4.69, 9.17) is 14.2 Å². The third-order valence-corrected chi connectivity index (χ3v) is 6.22. The molecule has 3 rings (SSSR count). The minimum atomic E-state index is -1.44. The zero-order valence-corrected chi connectivity index (χ0v) is 16.5. The van der Waals surface area contributed by atoms with Gasteiger partial charge in [0.15, 0.2) is 0 Å². The molecule has 7 heteroatoms. The van der Waals surface area contributed by atoms with Crippen molar-refractivity contribution in [2.75, 3.05) is 19.7 Å². The van der Waals surface area contributed by atoms with E-state index in [1.807, 2.05) is 13.0 Å². The molecule has 0 N–H and O–H groups in total. The van der Waals surface area contributed by atoms with E-state index in [1.54, 1.807) is 13.8 Å². The Morgan fingerprint density at radius 1 is 1.41 bits per heavy atom. The van der Waals surface area contributed by atoms with Crippen molar-refractivity contribution in [2.24, 2.45) is 11.8 Å².